The highest BCUT2D eigenvalue weighted by Gasteiger charge is 2.35. The number of rotatable bonds is 4. The van der Waals surface area contributed by atoms with Gasteiger partial charge in [0, 0.05) is 17.0 Å². The normalized spacial score (nSPS) is 24.0. The number of halogens is 3. The van der Waals surface area contributed by atoms with Gasteiger partial charge < -0.3 is 15.2 Å². The van der Waals surface area contributed by atoms with Crippen LogP contribution in [0.1, 0.15) is 49.1 Å². The molecule has 0 radical (unpaired) electrons. The molecule has 0 bridgehead atoms. The molecule has 2 aromatic carbocycles. The van der Waals surface area contributed by atoms with Crippen molar-refractivity contribution in [1.29, 1.82) is 0 Å². The van der Waals surface area contributed by atoms with E-state index < -0.39 is 11.4 Å². The van der Waals surface area contributed by atoms with Crippen LogP contribution < -0.4 is 10.1 Å². The van der Waals surface area contributed by atoms with Gasteiger partial charge in [-0.3, -0.25) is 4.79 Å². The molecule has 7 heteroatoms. The Morgan fingerprint density at radius 2 is 1.90 bits per heavy atom. The summed E-state index contributed by atoms with van der Waals surface area (Å²) in [4.78, 5) is 11.5. The monoisotopic (exact) mass is 421 g/mol. The van der Waals surface area contributed by atoms with Crippen molar-refractivity contribution in [3.63, 3.8) is 0 Å². The van der Waals surface area contributed by atoms with E-state index >= 15 is 0 Å². The van der Waals surface area contributed by atoms with E-state index in [1.807, 2.05) is 0 Å². The summed E-state index contributed by atoms with van der Waals surface area (Å²) >= 11 is 5.83. The molecule has 2 aliphatic rings. The van der Waals surface area contributed by atoms with Crippen molar-refractivity contribution in [2.24, 2.45) is 0 Å². The van der Waals surface area contributed by atoms with E-state index in [4.69, 9.17) is 16.3 Å². The van der Waals surface area contributed by atoms with Gasteiger partial charge in [-0.15, -0.1) is 0 Å². The third-order valence-corrected chi connectivity index (χ3v) is 6.14. The molecular formula is C22H22ClF2NO3. The maximum absolute atomic E-state index is 14.2. The molecule has 2 aromatic rings. The number of aliphatic hydroxyl groups is 1. The van der Waals surface area contributed by atoms with Crippen molar-refractivity contribution in [3.8, 4) is 5.75 Å². The molecule has 1 aliphatic carbocycles. The zero-order valence-electron chi connectivity index (χ0n) is 15.8. The van der Waals surface area contributed by atoms with Crippen molar-refractivity contribution in [2.75, 3.05) is 11.9 Å². The highest BCUT2D eigenvalue weighted by atomic mass is 35.5. The topological polar surface area (TPSA) is 58.6 Å². The second-order valence-electron chi connectivity index (χ2n) is 7.90. The summed E-state index contributed by atoms with van der Waals surface area (Å²) < 4.78 is 34.0. The number of hydrogen-bond donors (Lipinski definition) is 2. The van der Waals surface area contributed by atoms with Gasteiger partial charge in [-0.25, -0.2) is 8.78 Å². The van der Waals surface area contributed by atoms with E-state index in [2.05, 4.69) is 5.32 Å². The molecule has 1 heterocycles. The summed E-state index contributed by atoms with van der Waals surface area (Å²) in [6, 6.07) is 7.49. The van der Waals surface area contributed by atoms with Crippen molar-refractivity contribution in [3.05, 3.63) is 58.1 Å². The zero-order valence-corrected chi connectivity index (χ0v) is 16.6. The molecule has 1 amide bonds. The molecule has 0 unspecified atom stereocenters. The fraction of sp³-hybridized carbons (Fsp3) is 0.409. The first-order valence-corrected chi connectivity index (χ1v) is 10.1. The lowest BCUT2D eigenvalue weighted by molar-refractivity contribution is -0.116. The molecule has 0 spiro atoms. The number of benzene rings is 2. The van der Waals surface area contributed by atoms with E-state index in [1.54, 1.807) is 12.1 Å². The number of nitrogens with one attached hydrogen (secondary N) is 1. The summed E-state index contributed by atoms with van der Waals surface area (Å²) in [6.07, 6.45) is 2.88. The average molecular weight is 422 g/mol. The SMILES string of the molecule is O=C1CCc2c(OC[C@]3(O)CC[C@@H](c4ccc(Cl)cc4F)CC3)ccc(F)c2N1. The number of ether oxygens (including phenoxy) is 1. The predicted molar refractivity (Wildman–Crippen MR) is 106 cm³/mol. The third kappa shape index (κ3) is 4.23. The molecule has 154 valence electrons. The molecule has 4 rings (SSSR count). The van der Waals surface area contributed by atoms with Crippen LogP contribution in [0.25, 0.3) is 0 Å². The highest BCUT2D eigenvalue weighted by Crippen LogP contribution is 2.40. The Bertz CT molecular complexity index is 942. The van der Waals surface area contributed by atoms with Crippen LogP contribution >= 0.6 is 11.6 Å². The Morgan fingerprint density at radius 3 is 2.62 bits per heavy atom. The fourth-order valence-corrected chi connectivity index (χ4v) is 4.37. The van der Waals surface area contributed by atoms with Crippen LogP contribution in [0.15, 0.2) is 30.3 Å². The van der Waals surface area contributed by atoms with Crippen LogP contribution in [0.5, 0.6) is 5.75 Å². The number of carbonyl (C=O) groups is 1. The minimum atomic E-state index is -1.03. The van der Waals surface area contributed by atoms with Crippen molar-refractivity contribution >= 4 is 23.2 Å². The Balaban J connectivity index is 1.41. The number of carbonyl (C=O) groups excluding carboxylic acids is 1. The summed E-state index contributed by atoms with van der Waals surface area (Å²) in [7, 11) is 0. The quantitative estimate of drug-likeness (QED) is 0.732. The highest BCUT2D eigenvalue weighted by molar-refractivity contribution is 6.30. The summed E-state index contributed by atoms with van der Waals surface area (Å²) in [5.41, 5.74) is 0.372. The van der Waals surface area contributed by atoms with Gasteiger partial charge in [-0.1, -0.05) is 17.7 Å². The van der Waals surface area contributed by atoms with Gasteiger partial charge >= 0.3 is 0 Å². The van der Waals surface area contributed by atoms with Crippen LogP contribution in [0.4, 0.5) is 14.5 Å². The van der Waals surface area contributed by atoms with E-state index in [0.29, 0.717) is 54.0 Å². The molecule has 1 fully saturated rings. The van der Waals surface area contributed by atoms with Gasteiger partial charge in [0.2, 0.25) is 5.91 Å². The Hall–Kier alpha value is -2.18. The van der Waals surface area contributed by atoms with Crippen LogP contribution in [-0.2, 0) is 11.2 Å². The minimum absolute atomic E-state index is 0.0290. The third-order valence-electron chi connectivity index (χ3n) is 5.90. The average Bonchev–Trinajstić information content (AvgIpc) is 2.69. The van der Waals surface area contributed by atoms with Crippen LogP contribution in [0.2, 0.25) is 5.02 Å². The molecule has 1 aliphatic heterocycles. The Kier molecular flexibility index (Phi) is 5.49. The van der Waals surface area contributed by atoms with E-state index in [1.165, 1.54) is 18.2 Å². The van der Waals surface area contributed by atoms with Crippen molar-refractivity contribution in [1.82, 2.24) is 0 Å². The van der Waals surface area contributed by atoms with Crippen LogP contribution in [0, 0.1) is 11.6 Å². The molecule has 0 aromatic heterocycles. The van der Waals surface area contributed by atoms with Gasteiger partial charge in [0.25, 0.3) is 0 Å². The van der Waals surface area contributed by atoms with Crippen LogP contribution in [-0.4, -0.2) is 23.2 Å². The molecule has 29 heavy (non-hydrogen) atoms. The van der Waals surface area contributed by atoms with E-state index in [9.17, 15) is 18.7 Å². The summed E-state index contributed by atoms with van der Waals surface area (Å²) in [6.45, 7) is 0.0643. The van der Waals surface area contributed by atoms with Crippen LogP contribution in [0.3, 0.4) is 0 Å². The molecule has 4 nitrogen and oxygen atoms in total. The smallest absolute Gasteiger partial charge is 0.224 e. The summed E-state index contributed by atoms with van der Waals surface area (Å²) in [5, 5.41) is 13.8. The Morgan fingerprint density at radius 1 is 1.14 bits per heavy atom. The number of amides is 1. The zero-order chi connectivity index (χ0) is 20.6. The van der Waals surface area contributed by atoms with Crippen molar-refractivity contribution in [2.45, 2.75) is 50.0 Å². The first-order valence-electron chi connectivity index (χ1n) is 9.76. The predicted octanol–water partition coefficient (Wildman–Crippen LogP) is 4.97. The fourth-order valence-electron chi connectivity index (χ4n) is 4.21. The molecule has 0 saturated heterocycles. The van der Waals surface area contributed by atoms with Gasteiger partial charge in [-0.05, 0) is 67.9 Å². The van der Waals surface area contributed by atoms with Gasteiger partial charge in [0.15, 0.2) is 0 Å². The first-order chi connectivity index (χ1) is 13.8. The standard InChI is InChI=1S/C22H22ClF2NO3/c23-14-1-2-15(18(25)11-14)13-7-9-22(28,10-8-13)12-29-19-5-4-17(24)21-16(19)3-6-20(27)26-21/h1-2,4-5,11,13,28H,3,6-10,12H2,(H,26,27)/t13-,22+. The lowest BCUT2D eigenvalue weighted by Gasteiger charge is -2.36. The number of hydrogen-bond acceptors (Lipinski definition) is 3. The Labute approximate surface area is 172 Å². The molecule has 1 saturated carbocycles. The van der Waals surface area contributed by atoms with Gasteiger partial charge in [0.1, 0.15) is 24.0 Å². The van der Waals surface area contributed by atoms with E-state index in [0.717, 1.165) is 0 Å². The van der Waals surface area contributed by atoms with Gasteiger partial charge in [-0.2, -0.15) is 0 Å². The lowest BCUT2D eigenvalue weighted by Crippen LogP contribution is -2.39. The first kappa shape index (κ1) is 20.1. The van der Waals surface area contributed by atoms with Gasteiger partial charge in [0.05, 0.1) is 11.3 Å². The minimum Gasteiger partial charge on any atom is -0.490 e. The molecule has 0 atom stereocenters. The number of anilines is 1. The number of fused-ring (bicyclic) bond motifs is 1. The molecular weight excluding hydrogens is 400 g/mol. The largest absolute Gasteiger partial charge is 0.490 e. The summed E-state index contributed by atoms with van der Waals surface area (Å²) in [5.74, 6) is -0.532. The lowest BCUT2D eigenvalue weighted by atomic mass is 9.76. The second-order valence-corrected chi connectivity index (χ2v) is 8.34. The molecule has 2 N–H and O–H groups in total. The maximum atomic E-state index is 14.2. The van der Waals surface area contributed by atoms with E-state index in [-0.39, 0.29) is 36.4 Å². The maximum Gasteiger partial charge on any atom is 0.224 e. The van der Waals surface area contributed by atoms with Crippen molar-refractivity contribution < 1.29 is 23.4 Å². The second kappa shape index (κ2) is 7.92.